The van der Waals surface area contributed by atoms with E-state index in [1.165, 1.54) is 12.8 Å². The van der Waals surface area contributed by atoms with E-state index >= 15 is 0 Å². The quantitative estimate of drug-likeness (QED) is 0.502. The van der Waals surface area contributed by atoms with Crippen LogP contribution in [0.25, 0.3) is 0 Å². The summed E-state index contributed by atoms with van der Waals surface area (Å²) in [6.45, 7) is 25.4. The first-order chi connectivity index (χ1) is 7.91. The average molecular weight is 252 g/mol. The summed E-state index contributed by atoms with van der Waals surface area (Å²) in [5, 5.41) is 0. The molecule has 0 bridgehead atoms. The smallest absolute Gasteiger partial charge is 0.0260 e. The van der Waals surface area contributed by atoms with Crippen LogP contribution in [0.1, 0.15) is 68.2 Å². The van der Waals surface area contributed by atoms with Crippen LogP contribution in [-0.4, -0.2) is 0 Å². The molecule has 0 spiro atoms. The molecule has 0 aliphatic carbocycles. The van der Waals surface area contributed by atoms with Crippen molar-refractivity contribution in [3.63, 3.8) is 0 Å². The van der Waals surface area contributed by atoms with Gasteiger partial charge in [-0.1, -0.05) is 67.5 Å². The Morgan fingerprint density at radius 2 is 0.944 bits per heavy atom. The number of rotatable bonds is 4. The zero-order valence-corrected chi connectivity index (χ0v) is 14.1. The van der Waals surface area contributed by atoms with Gasteiger partial charge in [-0.05, 0) is 35.5 Å². The zero-order valence-electron chi connectivity index (χ0n) is 14.1. The van der Waals surface area contributed by atoms with Crippen LogP contribution in [0.5, 0.6) is 0 Å². The highest BCUT2D eigenvalue weighted by molar-refractivity contribution is 4.79. The van der Waals surface area contributed by atoms with E-state index in [0.29, 0.717) is 22.7 Å². The molecule has 18 heavy (non-hydrogen) atoms. The molecule has 0 heteroatoms. The lowest BCUT2D eigenvalue weighted by atomic mass is 9.86. The van der Waals surface area contributed by atoms with Crippen LogP contribution in [-0.2, 0) is 0 Å². The van der Waals surface area contributed by atoms with Gasteiger partial charge < -0.3 is 0 Å². The summed E-state index contributed by atoms with van der Waals surface area (Å²) in [5.41, 5.74) is 0.904. The van der Waals surface area contributed by atoms with Crippen molar-refractivity contribution < 1.29 is 0 Å². The molecule has 0 heterocycles. The van der Waals surface area contributed by atoms with Gasteiger partial charge in [0.2, 0.25) is 0 Å². The monoisotopic (exact) mass is 252 g/mol. The maximum Gasteiger partial charge on any atom is -0.0260 e. The molecule has 0 saturated heterocycles. The van der Waals surface area contributed by atoms with Crippen molar-refractivity contribution in [2.75, 3.05) is 0 Å². The van der Waals surface area contributed by atoms with Crippen LogP contribution >= 0.6 is 0 Å². The molecule has 0 fully saturated rings. The van der Waals surface area contributed by atoms with E-state index in [2.05, 4.69) is 68.5 Å². The van der Waals surface area contributed by atoms with Crippen molar-refractivity contribution in [1.82, 2.24) is 0 Å². The van der Waals surface area contributed by atoms with Gasteiger partial charge >= 0.3 is 0 Å². The molecule has 0 aliphatic heterocycles. The Hall–Kier alpha value is -0.520. The summed E-state index contributed by atoms with van der Waals surface area (Å²) < 4.78 is 0. The van der Waals surface area contributed by atoms with Crippen LogP contribution in [0.3, 0.4) is 0 Å². The van der Waals surface area contributed by atoms with Crippen molar-refractivity contribution in [3.05, 3.63) is 25.3 Å². The SMILES string of the molecule is C=CC(C)CC(C)(C)C.C=CC(C)CC(C)(C)C. The predicted molar refractivity (Wildman–Crippen MR) is 86.9 cm³/mol. The van der Waals surface area contributed by atoms with Gasteiger partial charge in [0.05, 0.1) is 0 Å². The Kier molecular flexibility index (Phi) is 9.42. The molecule has 0 amide bonds. The maximum absolute atomic E-state index is 3.74. The van der Waals surface area contributed by atoms with Gasteiger partial charge in [-0.25, -0.2) is 0 Å². The average Bonchev–Trinajstić information content (AvgIpc) is 2.13. The first-order valence-electron chi connectivity index (χ1n) is 7.16. The van der Waals surface area contributed by atoms with Crippen LogP contribution in [0, 0.1) is 22.7 Å². The highest BCUT2D eigenvalue weighted by atomic mass is 14.2. The third-order valence-corrected chi connectivity index (χ3v) is 2.67. The van der Waals surface area contributed by atoms with Gasteiger partial charge in [-0.3, -0.25) is 0 Å². The van der Waals surface area contributed by atoms with E-state index in [1.54, 1.807) is 0 Å². The molecule has 0 N–H and O–H groups in total. The summed E-state index contributed by atoms with van der Waals surface area (Å²) in [7, 11) is 0. The summed E-state index contributed by atoms with van der Waals surface area (Å²) in [6, 6.07) is 0. The third kappa shape index (κ3) is 17.9. The van der Waals surface area contributed by atoms with Gasteiger partial charge in [-0.15, -0.1) is 13.2 Å². The minimum atomic E-state index is 0.452. The van der Waals surface area contributed by atoms with Crippen molar-refractivity contribution in [2.24, 2.45) is 22.7 Å². The number of hydrogen-bond acceptors (Lipinski definition) is 0. The second-order valence-electron chi connectivity index (χ2n) is 7.96. The molecular formula is C18H36. The Bertz CT molecular complexity index is 195. The zero-order chi connectivity index (χ0) is 15.0. The molecule has 0 nitrogen and oxygen atoms in total. The van der Waals surface area contributed by atoms with Gasteiger partial charge in [0.15, 0.2) is 0 Å². The van der Waals surface area contributed by atoms with E-state index in [4.69, 9.17) is 0 Å². The van der Waals surface area contributed by atoms with Gasteiger partial charge in [0.1, 0.15) is 0 Å². The normalized spacial score (nSPS) is 15.1. The predicted octanol–water partition coefficient (Wildman–Crippen LogP) is 6.49. The topological polar surface area (TPSA) is 0 Å². The van der Waals surface area contributed by atoms with Crippen molar-refractivity contribution in [2.45, 2.75) is 68.2 Å². The molecule has 0 radical (unpaired) electrons. The Morgan fingerprint density at radius 1 is 0.722 bits per heavy atom. The fraction of sp³-hybridized carbons (Fsp3) is 0.778. The van der Waals surface area contributed by atoms with E-state index < -0.39 is 0 Å². The summed E-state index contributed by atoms with van der Waals surface area (Å²) in [4.78, 5) is 0. The van der Waals surface area contributed by atoms with Gasteiger partial charge in [0.25, 0.3) is 0 Å². The minimum absolute atomic E-state index is 0.452. The Balaban J connectivity index is 0. The molecule has 108 valence electrons. The molecule has 0 aliphatic rings. The molecule has 0 aromatic carbocycles. The molecule has 2 atom stereocenters. The molecule has 0 saturated carbocycles. The van der Waals surface area contributed by atoms with E-state index in [9.17, 15) is 0 Å². The molecule has 0 aromatic rings. The second-order valence-corrected chi connectivity index (χ2v) is 7.96. The first kappa shape index (κ1) is 19.8. The number of allylic oxidation sites excluding steroid dienone is 2. The maximum atomic E-state index is 3.74. The van der Waals surface area contributed by atoms with Crippen molar-refractivity contribution in [1.29, 1.82) is 0 Å². The molecular weight excluding hydrogens is 216 g/mol. The van der Waals surface area contributed by atoms with Crippen LogP contribution in [0.4, 0.5) is 0 Å². The van der Waals surface area contributed by atoms with Gasteiger partial charge in [0, 0.05) is 0 Å². The van der Waals surface area contributed by atoms with Gasteiger partial charge in [-0.2, -0.15) is 0 Å². The summed E-state index contributed by atoms with van der Waals surface area (Å²) in [6.07, 6.45) is 6.50. The Morgan fingerprint density at radius 3 is 1.00 bits per heavy atom. The highest BCUT2D eigenvalue weighted by Gasteiger charge is 2.12. The van der Waals surface area contributed by atoms with Crippen molar-refractivity contribution in [3.8, 4) is 0 Å². The molecule has 2 unspecified atom stereocenters. The van der Waals surface area contributed by atoms with E-state index in [-0.39, 0.29) is 0 Å². The van der Waals surface area contributed by atoms with E-state index in [1.807, 2.05) is 12.2 Å². The lowest BCUT2D eigenvalue weighted by Crippen LogP contribution is -2.08. The summed E-state index contributed by atoms with van der Waals surface area (Å²) >= 11 is 0. The first-order valence-corrected chi connectivity index (χ1v) is 7.16. The number of hydrogen-bond donors (Lipinski definition) is 0. The molecule has 0 rings (SSSR count). The fourth-order valence-corrected chi connectivity index (χ4v) is 2.10. The van der Waals surface area contributed by atoms with Crippen LogP contribution < -0.4 is 0 Å². The largest absolute Gasteiger partial charge is 0.103 e. The van der Waals surface area contributed by atoms with E-state index in [0.717, 1.165) is 0 Å². The van der Waals surface area contributed by atoms with Crippen LogP contribution in [0.2, 0.25) is 0 Å². The summed E-state index contributed by atoms with van der Waals surface area (Å²) in [5.74, 6) is 1.31. The lowest BCUT2D eigenvalue weighted by Gasteiger charge is -2.20. The molecule has 0 aromatic heterocycles. The fourth-order valence-electron chi connectivity index (χ4n) is 2.10. The minimum Gasteiger partial charge on any atom is -0.103 e. The van der Waals surface area contributed by atoms with Crippen molar-refractivity contribution >= 4 is 0 Å². The highest BCUT2D eigenvalue weighted by Crippen LogP contribution is 2.24. The Labute approximate surface area is 117 Å². The lowest BCUT2D eigenvalue weighted by molar-refractivity contribution is 0.337. The standard InChI is InChI=1S/2C9H18/c2*1-6-8(2)7-9(3,4)5/h2*6,8H,1,7H2,2-5H3. The van der Waals surface area contributed by atoms with Crippen LogP contribution in [0.15, 0.2) is 25.3 Å². The second kappa shape index (κ2) is 8.56. The third-order valence-electron chi connectivity index (χ3n) is 2.67.